The lowest BCUT2D eigenvalue weighted by Crippen LogP contribution is -2.30. The Morgan fingerprint density at radius 2 is 2.20 bits per heavy atom. The molecule has 0 bridgehead atoms. The van der Waals surface area contributed by atoms with E-state index in [0.717, 1.165) is 32.6 Å². The second-order valence-electron chi connectivity index (χ2n) is 2.64. The van der Waals surface area contributed by atoms with Crippen LogP contribution in [0.5, 0.6) is 0 Å². The fourth-order valence-corrected chi connectivity index (χ4v) is 1.25. The van der Waals surface area contributed by atoms with E-state index in [1.54, 1.807) is 0 Å². The van der Waals surface area contributed by atoms with Crippen molar-refractivity contribution in [1.29, 1.82) is 0 Å². The Morgan fingerprint density at radius 3 is 2.60 bits per heavy atom. The molecule has 1 heterocycles. The van der Waals surface area contributed by atoms with Crippen LogP contribution < -0.4 is 11.5 Å². The molecule has 0 amide bonds. The molecule has 4 heteroatoms. The van der Waals surface area contributed by atoms with Gasteiger partial charge >= 0.3 is 0 Å². The van der Waals surface area contributed by atoms with Crippen molar-refractivity contribution in [1.82, 2.24) is 4.90 Å². The highest BCUT2D eigenvalue weighted by molar-refractivity contribution is 5.85. The summed E-state index contributed by atoms with van der Waals surface area (Å²) in [6, 6.07) is 0.400. The van der Waals surface area contributed by atoms with Gasteiger partial charge in [0.1, 0.15) is 0 Å². The maximum absolute atomic E-state index is 5.67. The Kier molecular flexibility index (Phi) is 4.99. The van der Waals surface area contributed by atoms with Crippen LogP contribution in [0, 0.1) is 0 Å². The van der Waals surface area contributed by atoms with Gasteiger partial charge in [0.2, 0.25) is 0 Å². The van der Waals surface area contributed by atoms with Gasteiger partial charge in [0.15, 0.2) is 0 Å². The summed E-state index contributed by atoms with van der Waals surface area (Å²) in [5, 5.41) is 0. The minimum Gasteiger partial charge on any atom is -0.329 e. The van der Waals surface area contributed by atoms with E-state index in [1.165, 1.54) is 0 Å². The highest BCUT2D eigenvalue weighted by Gasteiger charge is 2.17. The van der Waals surface area contributed by atoms with E-state index in [2.05, 4.69) is 4.90 Å². The lowest BCUT2D eigenvalue weighted by atomic mass is 10.3. The van der Waals surface area contributed by atoms with E-state index in [0.29, 0.717) is 6.04 Å². The Hall–Kier alpha value is 0.170. The van der Waals surface area contributed by atoms with Crippen molar-refractivity contribution in [3.05, 3.63) is 0 Å². The van der Waals surface area contributed by atoms with Crippen molar-refractivity contribution < 1.29 is 0 Å². The van der Waals surface area contributed by atoms with Gasteiger partial charge in [-0.05, 0) is 13.0 Å². The Balaban J connectivity index is 0.000000810. The molecule has 1 aliphatic heterocycles. The molecule has 0 aromatic carbocycles. The van der Waals surface area contributed by atoms with E-state index >= 15 is 0 Å². The predicted molar refractivity (Wildman–Crippen MR) is 45.3 cm³/mol. The molecule has 0 radical (unpaired) electrons. The van der Waals surface area contributed by atoms with Gasteiger partial charge in [0.25, 0.3) is 0 Å². The molecule has 3 nitrogen and oxygen atoms in total. The summed E-state index contributed by atoms with van der Waals surface area (Å²) in [5.74, 6) is 0. The number of hydrogen-bond acceptors (Lipinski definition) is 3. The first-order valence-corrected chi connectivity index (χ1v) is 3.51. The van der Waals surface area contributed by atoms with Crippen LogP contribution in [0.3, 0.4) is 0 Å². The van der Waals surface area contributed by atoms with Crippen LogP contribution in [0.1, 0.15) is 6.42 Å². The molecule has 0 aromatic heterocycles. The molecular weight excluding hydrogens is 150 g/mol. The number of nitrogens with zero attached hydrogens (tertiary/aromatic N) is 1. The zero-order valence-corrected chi connectivity index (χ0v) is 6.94. The molecule has 0 aliphatic carbocycles. The summed E-state index contributed by atoms with van der Waals surface area (Å²) >= 11 is 0. The third kappa shape index (κ3) is 2.84. The van der Waals surface area contributed by atoms with E-state index in [4.69, 9.17) is 11.5 Å². The normalized spacial score (nSPS) is 26.4. The number of halogens is 1. The third-order valence-corrected chi connectivity index (χ3v) is 1.75. The minimum absolute atomic E-state index is 0. The Labute approximate surface area is 68.2 Å². The van der Waals surface area contributed by atoms with E-state index < -0.39 is 0 Å². The first-order valence-electron chi connectivity index (χ1n) is 3.51. The average Bonchev–Trinajstić information content (AvgIpc) is 2.17. The number of likely N-dealkylation sites (tertiary alicyclic amines) is 1. The Bertz CT molecular complexity index is 87.1. The zero-order valence-electron chi connectivity index (χ0n) is 6.12. The molecule has 10 heavy (non-hydrogen) atoms. The second kappa shape index (κ2) is 4.91. The van der Waals surface area contributed by atoms with Crippen LogP contribution in [-0.2, 0) is 0 Å². The molecular formula is C6H16ClN3. The SMILES string of the molecule is Cl.NCCN1CC[C@H](N)C1. The van der Waals surface area contributed by atoms with Gasteiger partial charge in [-0.3, -0.25) is 0 Å². The summed E-state index contributed by atoms with van der Waals surface area (Å²) in [4.78, 5) is 2.31. The molecule has 1 saturated heterocycles. The molecule has 0 unspecified atom stereocenters. The van der Waals surface area contributed by atoms with E-state index in [-0.39, 0.29) is 12.4 Å². The highest BCUT2D eigenvalue weighted by Crippen LogP contribution is 2.04. The maximum Gasteiger partial charge on any atom is 0.0180 e. The monoisotopic (exact) mass is 165 g/mol. The van der Waals surface area contributed by atoms with Gasteiger partial charge < -0.3 is 16.4 Å². The van der Waals surface area contributed by atoms with Gasteiger partial charge in [0.05, 0.1) is 0 Å². The molecule has 0 saturated carbocycles. The standard InChI is InChI=1S/C6H15N3.ClH/c7-2-4-9-3-1-6(8)5-9;/h6H,1-5,7-8H2;1H/t6-;/m0./s1. The van der Waals surface area contributed by atoms with Crippen LogP contribution in [0.15, 0.2) is 0 Å². The molecule has 4 N–H and O–H groups in total. The fraction of sp³-hybridized carbons (Fsp3) is 1.00. The largest absolute Gasteiger partial charge is 0.329 e. The number of hydrogen-bond donors (Lipinski definition) is 2. The van der Waals surface area contributed by atoms with Crippen LogP contribution >= 0.6 is 12.4 Å². The van der Waals surface area contributed by atoms with Gasteiger partial charge in [-0.2, -0.15) is 0 Å². The Morgan fingerprint density at radius 1 is 1.50 bits per heavy atom. The van der Waals surface area contributed by atoms with Gasteiger partial charge in [-0.15, -0.1) is 12.4 Å². The van der Waals surface area contributed by atoms with E-state index in [1.807, 2.05) is 0 Å². The lowest BCUT2D eigenvalue weighted by molar-refractivity contribution is 0.344. The smallest absolute Gasteiger partial charge is 0.0180 e. The summed E-state index contributed by atoms with van der Waals surface area (Å²) in [7, 11) is 0. The second-order valence-corrected chi connectivity index (χ2v) is 2.64. The van der Waals surface area contributed by atoms with Crippen molar-refractivity contribution in [3.8, 4) is 0 Å². The molecule has 1 aliphatic rings. The van der Waals surface area contributed by atoms with Crippen LogP contribution in [0.2, 0.25) is 0 Å². The molecule has 0 aromatic rings. The van der Waals surface area contributed by atoms with Crippen molar-refractivity contribution in [2.45, 2.75) is 12.5 Å². The van der Waals surface area contributed by atoms with Crippen LogP contribution in [0.25, 0.3) is 0 Å². The molecule has 62 valence electrons. The van der Waals surface area contributed by atoms with Crippen molar-refractivity contribution in [3.63, 3.8) is 0 Å². The quantitative estimate of drug-likeness (QED) is 0.575. The molecule has 1 fully saturated rings. The van der Waals surface area contributed by atoms with Gasteiger partial charge in [-0.1, -0.05) is 0 Å². The first-order chi connectivity index (χ1) is 4.33. The van der Waals surface area contributed by atoms with E-state index in [9.17, 15) is 0 Å². The summed E-state index contributed by atoms with van der Waals surface area (Å²) in [5.41, 5.74) is 11.0. The van der Waals surface area contributed by atoms with Crippen molar-refractivity contribution >= 4 is 12.4 Å². The predicted octanol–water partition coefficient (Wildman–Crippen LogP) is -0.600. The minimum atomic E-state index is 0. The van der Waals surface area contributed by atoms with Crippen LogP contribution in [0.4, 0.5) is 0 Å². The topological polar surface area (TPSA) is 55.3 Å². The maximum atomic E-state index is 5.67. The highest BCUT2D eigenvalue weighted by atomic mass is 35.5. The molecule has 1 atom stereocenters. The first kappa shape index (κ1) is 10.2. The van der Waals surface area contributed by atoms with Gasteiger partial charge in [-0.25, -0.2) is 0 Å². The lowest BCUT2D eigenvalue weighted by Gasteiger charge is -2.12. The van der Waals surface area contributed by atoms with Gasteiger partial charge in [0, 0.05) is 25.7 Å². The zero-order chi connectivity index (χ0) is 6.69. The fourth-order valence-electron chi connectivity index (χ4n) is 1.25. The molecule has 0 spiro atoms. The summed E-state index contributed by atoms with van der Waals surface area (Å²) < 4.78 is 0. The number of rotatable bonds is 2. The average molecular weight is 166 g/mol. The van der Waals surface area contributed by atoms with Crippen molar-refractivity contribution in [2.75, 3.05) is 26.2 Å². The summed E-state index contributed by atoms with van der Waals surface area (Å²) in [6.45, 7) is 3.94. The molecule has 1 rings (SSSR count). The van der Waals surface area contributed by atoms with Crippen LogP contribution in [-0.4, -0.2) is 37.1 Å². The third-order valence-electron chi connectivity index (χ3n) is 1.75. The number of nitrogens with two attached hydrogens (primary N) is 2. The summed E-state index contributed by atoms with van der Waals surface area (Å²) in [6.07, 6.45) is 1.14. The van der Waals surface area contributed by atoms with Crippen molar-refractivity contribution in [2.24, 2.45) is 11.5 Å².